The van der Waals surface area contributed by atoms with Crippen molar-refractivity contribution >= 4 is 11.9 Å². The average molecular weight is 266 g/mol. The minimum Gasteiger partial charge on any atom is -0.455 e. The van der Waals surface area contributed by atoms with Crippen LogP contribution < -0.4 is 0 Å². The highest BCUT2D eigenvalue weighted by molar-refractivity contribution is 5.71. The van der Waals surface area contributed by atoms with Crippen molar-refractivity contribution in [2.24, 2.45) is 0 Å². The predicted octanol–water partition coefficient (Wildman–Crippen LogP) is 1.55. The Labute approximate surface area is 112 Å². The molecule has 1 saturated heterocycles. The molecule has 0 aliphatic carbocycles. The summed E-state index contributed by atoms with van der Waals surface area (Å²) in [6, 6.07) is 0. The van der Waals surface area contributed by atoms with E-state index in [0.717, 1.165) is 0 Å². The van der Waals surface area contributed by atoms with Gasteiger partial charge in [-0.05, 0) is 0 Å². The van der Waals surface area contributed by atoms with E-state index in [-0.39, 0.29) is 6.42 Å². The molecule has 0 aromatic heterocycles. The fourth-order valence-corrected chi connectivity index (χ4v) is 1.87. The molecule has 0 unspecified atom stereocenters. The van der Waals surface area contributed by atoms with Crippen LogP contribution in [0.3, 0.4) is 0 Å². The second-order valence-corrected chi connectivity index (χ2v) is 4.06. The summed E-state index contributed by atoms with van der Waals surface area (Å²) in [5, 5.41) is 0. The van der Waals surface area contributed by atoms with E-state index in [0.29, 0.717) is 0 Å². The van der Waals surface area contributed by atoms with Gasteiger partial charge in [0.1, 0.15) is 12.2 Å². The molecule has 1 aliphatic rings. The maximum atomic E-state index is 11.5. The zero-order valence-electron chi connectivity index (χ0n) is 10.9. The lowest BCUT2D eigenvalue weighted by Gasteiger charge is -2.22. The van der Waals surface area contributed by atoms with E-state index >= 15 is 0 Å². The van der Waals surface area contributed by atoms with Gasteiger partial charge in [0.05, 0.1) is 6.42 Å². The van der Waals surface area contributed by atoms with Gasteiger partial charge in [-0.1, -0.05) is 18.2 Å². The smallest absolute Gasteiger partial charge is 0.310 e. The molecule has 0 saturated carbocycles. The molecule has 5 heteroatoms. The maximum Gasteiger partial charge on any atom is 0.310 e. The van der Waals surface area contributed by atoms with Crippen molar-refractivity contribution in [2.45, 2.75) is 37.8 Å². The Bertz CT molecular complexity index is 387. The van der Waals surface area contributed by atoms with E-state index in [4.69, 9.17) is 14.2 Å². The summed E-state index contributed by atoms with van der Waals surface area (Å²) in [6.45, 7) is 12.0. The van der Waals surface area contributed by atoms with Gasteiger partial charge in [0.25, 0.3) is 0 Å². The first-order valence-corrected chi connectivity index (χ1v) is 5.91. The standard InChI is InChI=1S/C14H18O5/c1-5-8-12(16)19-14-11(7-3)18-10(6-2)13(14)17-9(4)15/h5-7,10-11,13-14H,1-3,8H2,4H3/t10-,11+,13+,14-/m0/s1. The van der Waals surface area contributed by atoms with E-state index in [1.54, 1.807) is 0 Å². The van der Waals surface area contributed by atoms with Crippen molar-refractivity contribution in [1.82, 2.24) is 0 Å². The van der Waals surface area contributed by atoms with Gasteiger partial charge in [-0.2, -0.15) is 0 Å². The highest BCUT2D eigenvalue weighted by Crippen LogP contribution is 2.28. The molecule has 5 nitrogen and oxygen atoms in total. The molecule has 0 aromatic carbocycles. The molecular formula is C14H18O5. The Morgan fingerprint density at radius 2 is 1.63 bits per heavy atom. The van der Waals surface area contributed by atoms with Crippen molar-refractivity contribution in [1.29, 1.82) is 0 Å². The molecule has 4 atom stereocenters. The minimum atomic E-state index is -0.725. The highest BCUT2D eigenvalue weighted by atomic mass is 16.6. The Kier molecular flexibility index (Phi) is 5.51. The molecule has 1 rings (SSSR count). The summed E-state index contributed by atoms with van der Waals surface area (Å²) in [5.41, 5.74) is 0. The first-order chi connectivity index (χ1) is 9.03. The quantitative estimate of drug-likeness (QED) is 0.539. The third-order valence-corrected chi connectivity index (χ3v) is 2.63. The Morgan fingerprint density at radius 1 is 1.11 bits per heavy atom. The molecular weight excluding hydrogens is 248 g/mol. The zero-order chi connectivity index (χ0) is 14.4. The van der Waals surface area contributed by atoms with E-state index in [1.165, 1.54) is 25.2 Å². The monoisotopic (exact) mass is 266 g/mol. The average Bonchev–Trinajstić information content (AvgIpc) is 2.67. The van der Waals surface area contributed by atoms with Crippen LogP contribution in [0.25, 0.3) is 0 Å². The number of carbonyl (C=O) groups excluding carboxylic acids is 2. The van der Waals surface area contributed by atoms with Crippen LogP contribution in [0.4, 0.5) is 0 Å². The third kappa shape index (κ3) is 3.79. The van der Waals surface area contributed by atoms with Crippen molar-refractivity contribution in [3.05, 3.63) is 38.0 Å². The van der Waals surface area contributed by atoms with Gasteiger partial charge in [0.15, 0.2) is 12.2 Å². The zero-order valence-corrected chi connectivity index (χ0v) is 10.9. The van der Waals surface area contributed by atoms with Gasteiger partial charge < -0.3 is 14.2 Å². The molecule has 0 spiro atoms. The first-order valence-electron chi connectivity index (χ1n) is 5.91. The molecule has 1 heterocycles. The molecule has 104 valence electrons. The van der Waals surface area contributed by atoms with Crippen molar-refractivity contribution in [3.63, 3.8) is 0 Å². The van der Waals surface area contributed by atoms with Crippen LogP contribution in [0.5, 0.6) is 0 Å². The number of carbonyl (C=O) groups is 2. The fraction of sp³-hybridized carbons (Fsp3) is 0.429. The summed E-state index contributed by atoms with van der Waals surface area (Å²) in [5.74, 6) is -0.938. The summed E-state index contributed by atoms with van der Waals surface area (Å²) in [6.07, 6.45) is 2.01. The lowest BCUT2D eigenvalue weighted by Crippen LogP contribution is -2.39. The number of ether oxygens (including phenoxy) is 3. The molecule has 0 N–H and O–H groups in total. The van der Waals surface area contributed by atoms with Gasteiger partial charge in [0, 0.05) is 6.92 Å². The van der Waals surface area contributed by atoms with Crippen LogP contribution in [-0.4, -0.2) is 36.4 Å². The van der Waals surface area contributed by atoms with Gasteiger partial charge in [0.2, 0.25) is 0 Å². The summed E-state index contributed by atoms with van der Waals surface area (Å²) in [4.78, 5) is 22.7. The largest absolute Gasteiger partial charge is 0.455 e. The number of hydrogen-bond donors (Lipinski definition) is 0. The second-order valence-electron chi connectivity index (χ2n) is 4.06. The predicted molar refractivity (Wildman–Crippen MR) is 69.3 cm³/mol. The van der Waals surface area contributed by atoms with Gasteiger partial charge in [-0.15, -0.1) is 19.7 Å². The molecule has 0 bridgehead atoms. The minimum absolute atomic E-state index is 0.0753. The molecule has 0 amide bonds. The number of rotatable bonds is 6. The summed E-state index contributed by atoms with van der Waals surface area (Å²) >= 11 is 0. The second kappa shape index (κ2) is 6.89. The molecule has 0 aromatic rings. The lowest BCUT2D eigenvalue weighted by molar-refractivity contribution is -0.163. The van der Waals surface area contributed by atoms with Crippen LogP contribution in [0.15, 0.2) is 38.0 Å². The van der Waals surface area contributed by atoms with Crippen LogP contribution in [0.2, 0.25) is 0 Å². The van der Waals surface area contributed by atoms with E-state index in [2.05, 4.69) is 19.7 Å². The number of hydrogen-bond acceptors (Lipinski definition) is 5. The lowest BCUT2D eigenvalue weighted by atomic mass is 10.1. The van der Waals surface area contributed by atoms with E-state index in [9.17, 15) is 9.59 Å². The van der Waals surface area contributed by atoms with Gasteiger partial charge in [-0.25, -0.2) is 0 Å². The SMILES string of the molecule is C=CCC(=O)O[C@@H]1[C@H](OC(C)=O)[C@H](C=C)O[C@@H]1C=C. The van der Waals surface area contributed by atoms with Crippen molar-refractivity contribution < 1.29 is 23.8 Å². The number of esters is 2. The molecule has 0 radical (unpaired) electrons. The normalized spacial score (nSPS) is 29.3. The van der Waals surface area contributed by atoms with Gasteiger partial charge in [-0.3, -0.25) is 9.59 Å². The Morgan fingerprint density at radius 3 is 2.05 bits per heavy atom. The van der Waals surface area contributed by atoms with Gasteiger partial charge >= 0.3 is 11.9 Å². The molecule has 1 fully saturated rings. The molecule has 1 aliphatic heterocycles. The fourth-order valence-electron chi connectivity index (χ4n) is 1.87. The Hall–Kier alpha value is -1.88. The Balaban J connectivity index is 2.87. The third-order valence-electron chi connectivity index (χ3n) is 2.63. The van der Waals surface area contributed by atoms with E-state index in [1.807, 2.05) is 0 Å². The maximum absolute atomic E-state index is 11.5. The van der Waals surface area contributed by atoms with Crippen molar-refractivity contribution in [2.75, 3.05) is 0 Å². The van der Waals surface area contributed by atoms with E-state index < -0.39 is 36.4 Å². The van der Waals surface area contributed by atoms with Crippen molar-refractivity contribution in [3.8, 4) is 0 Å². The van der Waals surface area contributed by atoms with Crippen LogP contribution in [0, 0.1) is 0 Å². The summed E-state index contributed by atoms with van der Waals surface area (Å²) in [7, 11) is 0. The topological polar surface area (TPSA) is 61.8 Å². The van der Waals surface area contributed by atoms with Crippen LogP contribution in [-0.2, 0) is 23.8 Å². The van der Waals surface area contributed by atoms with Crippen LogP contribution >= 0.6 is 0 Å². The van der Waals surface area contributed by atoms with Crippen LogP contribution in [0.1, 0.15) is 13.3 Å². The first kappa shape index (κ1) is 15.2. The summed E-state index contributed by atoms with van der Waals surface area (Å²) < 4.78 is 16.0. The molecule has 19 heavy (non-hydrogen) atoms. The highest BCUT2D eigenvalue weighted by Gasteiger charge is 2.46.